The van der Waals surface area contributed by atoms with Gasteiger partial charge in [0, 0.05) is 17.7 Å². The average Bonchev–Trinajstić information content (AvgIpc) is 2.84. The molecular weight excluding hydrogens is 416 g/mol. The second-order valence-corrected chi connectivity index (χ2v) is 7.72. The molecule has 0 aliphatic rings. The molecule has 3 rings (SSSR count). The lowest BCUT2D eigenvalue weighted by Gasteiger charge is -2.16. The van der Waals surface area contributed by atoms with Gasteiger partial charge in [0.05, 0.1) is 32.0 Å². The number of unbranched alkanes of at least 4 members (excludes halogenated alkanes) is 1. The van der Waals surface area contributed by atoms with Gasteiger partial charge in [-0.3, -0.25) is 9.59 Å². The number of hydrogen-bond donors (Lipinski definition) is 2. The summed E-state index contributed by atoms with van der Waals surface area (Å²) in [6.45, 7) is 2.17. The van der Waals surface area contributed by atoms with Crippen LogP contribution in [0.2, 0.25) is 0 Å². The molecule has 0 aliphatic carbocycles. The van der Waals surface area contributed by atoms with E-state index in [-0.39, 0.29) is 18.2 Å². The van der Waals surface area contributed by atoms with Crippen molar-refractivity contribution >= 4 is 23.2 Å². The van der Waals surface area contributed by atoms with Crippen LogP contribution in [0.15, 0.2) is 66.7 Å². The molecule has 0 bridgehead atoms. The highest BCUT2D eigenvalue weighted by molar-refractivity contribution is 6.05. The quantitative estimate of drug-likeness (QED) is 0.432. The smallest absolute Gasteiger partial charge is 0.255 e. The largest absolute Gasteiger partial charge is 0.494 e. The summed E-state index contributed by atoms with van der Waals surface area (Å²) in [5.41, 5.74) is 3.66. The number of benzene rings is 3. The molecule has 2 amide bonds. The molecule has 0 aromatic heterocycles. The molecule has 0 aliphatic heterocycles. The molecule has 0 atom stereocenters. The predicted molar refractivity (Wildman–Crippen MR) is 131 cm³/mol. The standard InChI is InChI=1S/C27H30N2O4/c1-4-5-9-19-12-14-20(15-13-19)16-26(30)28-22-17-25(33-3)23(18-24(22)32-2)29-27(31)21-10-7-6-8-11-21/h6-8,10-15,17-18H,4-5,9,16H2,1-3H3,(H,28,30)(H,29,31). The Morgan fingerprint density at radius 2 is 1.36 bits per heavy atom. The Bertz CT molecular complexity index is 1080. The fraction of sp³-hybridized carbons (Fsp3) is 0.259. The molecule has 6 nitrogen and oxygen atoms in total. The van der Waals surface area contributed by atoms with Crippen molar-refractivity contribution in [3.05, 3.63) is 83.4 Å². The van der Waals surface area contributed by atoms with E-state index >= 15 is 0 Å². The van der Waals surface area contributed by atoms with Crippen molar-refractivity contribution in [2.75, 3.05) is 24.9 Å². The van der Waals surface area contributed by atoms with E-state index in [1.165, 1.54) is 19.8 Å². The van der Waals surface area contributed by atoms with Crippen molar-refractivity contribution in [3.63, 3.8) is 0 Å². The summed E-state index contributed by atoms with van der Waals surface area (Å²) < 4.78 is 10.9. The Labute approximate surface area is 194 Å². The highest BCUT2D eigenvalue weighted by Gasteiger charge is 2.16. The molecule has 33 heavy (non-hydrogen) atoms. The minimum Gasteiger partial charge on any atom is -0.494 e. The van der Waals surface area contributed by atoms with Crippen LogP contribution in [0.4, 0.5) is 11.4 Å². The molecule has 172 valence electrons. The number of amides is 2. The molecule has 2 N–H and O–H groups in total. The third-order valence-corrected chi connectivity index (χ3v) is 5.29. The number of rotatable bonds is 10. The number of aryl methyl sites for hydroxylation is 1. The summed E-state index contributed by atoms with van der Waals surface area (Å²) in [6, 6.07) is 20.3. The van der Waals surface area contributed by atoms with Crippen molar-refractivity contribution in [2.24, 2.45) is 0 Å². The molecule has 6 heteroatoms. The molecule has 0 radical (unpaired) electrons. The average molecular weight is 447 g/mol. The Hall–Kier alpha value is -3.80. The van der Waals surface area contributed by atoms with E-state index in [1.807, 2.05) is 18.2 Å². The van der Waals surface area contributed by atoms with Gasteiger partial charge in [0.2, 0.25) is 5.91 Å². The molecule has 0 saturated heterocycles. The fourth-order valence-electron chi connectivity index (χ4n) is 3.46. The van der Waals surface area contributed by atoms with Crippen molar-refractivity contribution in [1.29, 1.82) is 0 Å². The maximum atomic E-state index is 12.7. The molecule has 0 spiro atoms. The molecule has 3 aromatic carbocycles. The van der Waals surface area contributed by atoms with Gasteiger partial charge in [0.15, 0.2) is 0 Å². The van der Waals surface area contributed by atoms with E-state index in [1.54, 1.807) is 36.4 Å². The van der Waals surface area contributed by atoms with Crippen molar-refractivity contribution in [1.82, 2.24) is 0 Å². The summed E-state index contributed by atoms with van der Waals surface area (Å²) in [6.07, 6.45) is 3.60. The van der Waals surface area contributed by atoms with Crippen LogP contribution in [-0.4, -0.2) is 26.0 Å². The van der Waals surface area contributed by atoms with Gasteiger partial charge in [0.25, 0.3) is 5.91 Å². The number of carbonyl (C=O) groups is 2. The Morgan fingerprint density at radius 1 is 0.788 bits per heavy atom. The van der Waals surface area contributed by atoms with Crippen LogP contribution >= 0.6 is 0 Å². The minimum atomic E-state index is -0.268. The minimum absolute atomic E-state index is 0.169. The number of nitrogens with one attached hydrogen (secondary N) is 2. The highest BCUT2D eigenvalue weighted by atomic mass is 16.5. The Morgan fingerprint density at radius 3 is 1.94 bits per heavy atom. The topological polar surface area (TPSA) is 76.7 Å². The van der Waals surface area contributed by atoms with Gasteiger partial charge in [-0.05, 0) is 36.1 Å². The zero-order valence-corrected chi connectivity index (χ0v) is 19.3. The highest BCUT2D eigenvalue weighted by Crippen LogP contribution is 2.36. The summed E-state index contributed by atoms with van der Waals surface area (Å²) >= 11 is 0. The summed E-state index contributed by atoms with van der Waals surface area (Å²) in [4.78, 5) is 25.2. The van der Waals surface area contributed by atoms with Gasteiger partial charge in [-0.25, -0.2) is 0 Å². The van der Waals surface area contributed by atoms with Gasteiger partial charge < -0.3 is 20.1 Å². The zero-order chi connectivity index (χ0) is 23.6. The number of hydrogen-bond acceptors (Lipinski definition) is 4. The maximum absolute atomic E-state index is 12.7. The van der Waals surface area contributed by atoms with Gasteiger partial charge >= 0.3 is 0 Å². The van der Waals surface area contributed by atoms with Gasteiger partial charge in [-0.15, -0.1) is 0 Å². The zero-order valence-electron chi connectivity index (χ0n) is 19.3. The Kier molecular flexibility index (Phi) is 8.47. The van der Waals surface area contributed by atoms with Crippen LogP contribution in [-0.2, 0) is 17.6 Å². The van der Waals surface area contributed by atoms with E-state index in [9.17, 15) is 9.59 Å². The molecule has 0 fully saturated rings. The van der Waals surface area contributed by atoms with E-state index in [0.29, 0.717) is 28.4 Å². The number of anilines is 2. The SMILES string of the molecule is CCCCc1ccc(CC(=O)Nc2cc(OC)c(NC(=O)c3ccccc3)cc2OC)cc1. The first-order chi connectivity index (χ1) is 16.0. The number of carbonyl (C=O) groups excluding carboxylic acids is 2. The van der Waals surface area contributed by atoms with Crippen LogP contribution in [0.25, 0.3) is 0 Å². The van der Waals surface area contributed by atoms with Crippen molar-refractivity contribution in [2.45, 2.75) is 32.6 Å². The summed E-state index contributed by atoms with van der Waals surface area (Å²) in [7, 11) is 3.01. The number of ether oxygens (including phenoxy) is 2. The normalized spacial score (nSPS) is 10.4. The van der Waals surface area contributed by atoms with Gasteiger partial charge in [0.1, 0.15) is 11.5 Å². The first-order valence-electron chi connectivity index (χ1n) is 11.0. The third-order valence-electron chi connectivity index (χ3n) is 5.29. The molecule has 0 saturated carbocycles. The Balaban J connectivity index is 1.72. The van der Waals surface area contributed by atoms with Crippen LogP contribution in [0.5, 0.6) is 11.5 Å². The number of methoxy groups -OCH3 is 2. The van der Waals surface area contributed by atoms with Crippen LogP contribution in [0, 0.1) is 0 Å². The third kappa shape index (κ3) is 6.59. The second-order valence-electron chi connectivity index (χ2n) is 7.72. The maximum Gasteiger partial charge on any atom is 0.255 e. The lowest BCUT2D eigenvalue weighted by molar-refractivity contribution is -0.115. The lowest BCUT2D eigenvalue weighted by Crippen LogP contribution is -2.16. The van der Waals surface area contributed by atoms with Crippen molar-refractivity contribution < 1.29 is 19.1 Å². The second kappa shape index (κ2) is 11.7. The van der Waals surface area contributed by atoms with Crippen LogP contribution < -0.4 is 20.1 Å². The van der Waals surface area contributed by atoms with Crippen molar-refractivity contribution in [3.8, 4) is 11.5 Å². The van der Waals surface area contributed by atoms with E-state index in [2.05, 4.69) is 29.7 Å². The fourth-order valence-corrected chi connectivity index (χ4v) is 3.46. The molecule has 0 unspecified atom stereocenters. The van der Waals surface area contributed by atoms with E-state index in [4.69, 9.17) is 9.47 Å². The molecule has 3 aromatic rings. The van der Waals surface area contributed by atoms with E-state index in [0.717, 1.165) is 24.8 Å². The van der Waals surface area contributed by atoms with Crippen LogP contribution in [0.1, 0.15) is 41.3 Å². The molecular formula is C27H30N2O4. The first-order valence-corrected chi connectivity index (χ1v) is 11.0. The first kappa shape index (κ1) is 23.9. The summed E-state index contributed by atoms with van der Waals surface area (Å²) in [5, 5.41) is 5.73. The van der Waals surface area contributed by atoms with Crippen LogP contribution in [0.3, 0.4) is 0 Å². The monoisotopic (exact) mass is 446 g/mol. The van der Waals surface area contributed by atoms with Gasteiger partial charge in [-0.2, -0.15) is 0 Å². The molecule has 0 heterocycles. The van der Waals surface area contributed by atoms with Gasteiger partial charge in [-0.1, -0.05) is 55.8 Å². The predicted octanol–water partition coefficient (Wildman–Crippen LogP) is 5.48. The lowest BCUT2D eigenvalue weighted by atomic mass is 10.0. The summed E-state index contributed by atoms with van der Waals surface area (Å²) in [5.74, 6) is 0.394. The van der Waals surface area contributed by atoms with E-state index < -0.39 is 0 Å².